The van der Waals surface area contributed by atoms with Crippen LogP contribution in [-0.2, 0) is 41.6 Å². The van der Waals surface area contributed by atoms with E-state index >= 15 is 0 Å². The molecule has 4 aliphatic heterocycles. The first kappa shape index (κ1) is 39.2. The van der Waals surface area contributed by atoms with Crippen molar-refractivity contribution >= 4 is 41.0 Å². The maximum atomic E-state index is 14.2. The normalized spacial score (nSPS) is 23.6. The van der Waals surface area contributed by atoms with Crippen LogP contribution in [0.2, 0.25) is 10.0 Å². The minimum absolute atomic E-state index is 0.0935. The van der Waals surface area contributed by atoms with E-state index < -0.39 is 17.9 Å². The summed E-state index contributed by atoms with van der Waals surface area (Å²) in [4.78, 5) is 48.7. The third-order valence-corrected chi connectivity index (χ3v) is 12.2. The van der Waals surface area contributed by atoms with Gasteiger partial charge in [0.05, 0.1) is 50.9 Å². The number of piperidine rings is 1. The summed E-state index contributed by atoms with van der Waals surface area (Å²) in [5.74, 6) is -2.54. The molecule has 4 aliphatic rings. The van der Waals surface area contributed by atoms with Gasteiger partial charge in [-0.1, -0.05) is 53.5 Å². The van der Waals surface area contributed by atoms with Gasteiger partial charge in [0.1, 0.15) is 0 Å². The van der Waals surface area contributed by atoms with Crippen molar-refractivity contribution in [1.82, 2.24) is 20.0 Å². The number of methoxy groups -OCH3 is 2. The fraction of sp³-hybridized carbons (Fsp3) is 0.525. The van der Waals surface area contributed by atoms with Crippen molar-refractivity contribution in [1.29, 1.82) is 0 Å². The van der Waals surface area contributed by atoms with Crippen molar-refractivity contribution in [3.05, 3.63) is 91.7 Å². The topological polar surface area (TPSA) is 127 Å². The van der Waals surface area contributed by atoms with E-state index in [9.17, 15) is 14.4 Å². The molecule has 0 radical (unpaired) electrons. The molecule has 0 saturated carbocycles. The second-order valence-electron chi connectivity index (χ2n) is 14.3. The lowest BCUT2D eigenvalue weighted by Crippen LogP contribution is -2.56. The predicted molar refractivity (Wildman–Crippen MR) is 204 cm³/mol. The maximum Gasteiger partial charge on any atom is 0.336 e. The number of nitrogens with zero attached hydrogens (tertiary/aromatic N) is 3. The van der Waals surface area contributed by atoms with Crippen LogP contribution >= 0.6 is 23.2 Å². The van der Waals surface area contributed by atoms with Crippen molar-refractivity contribution in [2.75, 3.05) is 60.6 Å². The van der Waals surface area contributed by atoms with Crippen molar-refractivity contribution in [3.63, 3.8) is 0 Å². The van der Waals surface area contributed by atoms with Gasteiger partial charge in [0.25, 0.3) is 0 Å². The maximum absolute atomic E-state index is 14.2. The summed E-state index contributed by atoms with van der Waals surface area (Å²) in [5.41, 5.74) is 9.14. The number of aryl methyl sites for hydroxylation is 1. The second kappa shape index (κ2) is 17.8. The summed E-state index contributed by atoms with van der Waals surface area (Å²) in [5, 5.41) is 3.90. The zero-order chi connectivity index (χ0) is 37.6. The molecule has 4 atom stereocenters. The van der Waals surface area contributed by atoms with Gasteiger partial charge in [0.15, 0.2) is 0 Å². The van der Waals surface area contributed by atoms with Crippen molar-refractivity contribution < 1.29 is 28.6 Å². The number of dihydropyridines is 1. The molecule has 3 fully saturated rings. The SMILES string of the molecule is COC(=O)C1=C(CCc2ccccc2COCCN)NC(CC(=O)N2CCN(C3C[C@H]4CC[C@@H](C3)N4C)CC2)=C(C(=O)OC)C1c1c(Cl)cccc1Cl. The molecule has 6 rings (SSSR count). The minimum Gasteiger partial charge on any atom is -0.466 e. The lowest BCUT2D eigenvalue weighted by molar-refractivity contribution is -0.137. The van der Waals surface area contributed by atoms with E-state index in [0.717, 1.165) is 24.2 Å². The van der Waals surface area contributed by atoms with Crippen LogP contribution < -0.4 is 11.1 Å². The smallest absolute Gasteiger partial charge is 0.336 e. The molecule has 1 amide bonds. The lowest BCUT2D eigenvalue weighted by Gasteiger charge is -2.45. The van der Waals surface area contributed by atoms with Crippen molar-refractivity contribution in [2.45, 2.75) is 75.6 Å². The Morgan fingerprint density at radius 3 is 2.02 bits per heavy atom. The second-order valence-corrected chi connectivity index (χ2v) is 15.2. The zero-order valence-corrected chi connectivity index (χ0v) is 32.4. The minimum atomic E-state index is -1.06. The monoisotopic (exact) mass is 767 g/mol. The highest BCUT2D eigenvalue weighted by molar-refractivity contribution is 6.36. The molecule has 2 unspecified atom stereocenters. The molecule has 0 aliphatic carbocycles. The molecule has 0 spiro atoms. The number of nitrogens with two attached hydrogens (primary N) is 1. The van der Waals surface area contributed by atoms with Crippen LogP contribution in [0.3, 0.4) is 0 Å². The Kier molecular flexibility index (Phi) is 13.2. The number of fused-ring (bicyclic) bond motifs is 2. The van der Waals surface area contributed by atoms with E-state index in [2.05, 4.69) is 22.2 Å². The van der Waals surface area contributed by atoms with Crippen molar-refractivity contribution in [3.8, 4) is 0 Å². The van der Waals surface area contributed by atoms with Gasteiger partial charge in [-0.3, -0.25) is 9.69 Å². The summed E-state index contributed by atoms with van der Waals surface area (Å²) >= 11 is 13.6. The molecule has 2 bridgehead atoms. The first-order chi connectivity index (χ1) is 25.6. The van der Waals surface area contributed by atoms with E-state index in [1.54, 1.807) is 18.2 Å². The number of ether oxygens (including phenoxy) is 3. The number of amides is 1. The van der Waals surface area contributed by atoms with E-state index in [0.29, 0.717) is 80.8 Å². The number of hydrogen-bond acceptors (Lipinski definition) is 10. The summed E-state index contributed by atoms with van der Waals surface area (Å²) < 4.78 is 16.4. The van der Waals surface area contributed by atoms with Crippen LogP contribution in [0.1, 0.15) is 61.1 Å². The van der Waals surface area contributed by atoms with Crippen molar-refractivity contribution in [2.24, 2.45) is 5.73 Å². The fourth-order valence-electron chi connectivity index (χ4n) is 8.67. The number of allylic oxidation sites excluding steroid dienone is 1. The molecule has 53 heavy (non-hydrogen) atoms. The molecule has 0 aromatic heterocycles. The predicted octanol–water partition coefficient (Wildman–Crippen LogP) is 4.80. The number of halogens is 2. The number of piperazine rings is 1. The van der Waals surface area contributed by atoms with Gasteiger partial charge >= 0.3 is 11.9 Å². The Bertz CT molecular complexity index is 1710. The van der Waals surface area contributed by atoms with E-state index in [4.69, 9.17) is 43.1 Å². The largest absolute Gasteiger partial charge is 0.466 e. The Balaban J connectivity index is 1.30. The Hall–Kier alpha value is -3.45. The summed E-state index contributed by atoms with van der Waals surface area (Å²) in [7, 11) is 4.82. The van der Waals surface area contributed by atoms with Gasteiger partial charge in [0, 0.05) is 77.9 Å². The molecule has 286 valence electrons. The molecular formula is C40H51Cl2N5O6. The quantitative estimate of drug-likeness (QED) is 0.217. The molecule has 11 nitrogen and oxygen atoms in total. The number of carbonyl (C=O) groups excluding carboxylic acids is 3. The van der Waals surface area contributed by atoms with Gasteiger partial charge < -0.3 is 35.1 Å². The van der Waals surface area contributed by atoms with Gasteiger partial charge in [-0.15, -0.1) is 0 Å². The van der Waals surface area contributed by atoms with Gasteiger partial charge in [-0.2, -0.15) is 0 Å². The highest BCUT2D eigenvalue weighted by Crippen LogP contribution is 2.46. The van der Waals surface area contributed by atoms with Crippen LogP contribution in [0.5, 0.6) is 0 Å². The highest BCUT2D eigenvalue weighted by atomic mass is 35.5. The van der Waals surface area contributed by atoms with Crippen LogP contribution in [0, 0.1) is 0 Å². The van der Waals surface area contributed by atoms with E-state index in [1.807, 2.05) is 29.2 Å². The number of rotatable bonds is 13. The lowest BCUT2D eigenvalue weighted by atomic mass is 9.78. The number of carbonyl (C=O) groups is 3. The summed E-state index contributed by atoms with van der Waals surface area (Å²) in [6.45, 7) is 4.04. The first-order valence-electron chi connectivity index (χ1n) is 18.6. The third kappa shape index (κ3) is 8.61. The van der Waals surface area contributed by atoms with Crippen LogP contribution in [0.4, 0.5) is 0 Å². The first-order valence-corrected chi connectivity index (χ1v) is 19.3. The number of hydrogen-bond donors (Lipinski definition) is 2. The Morgan fingerprint density at radius 2 is 1.42 bits per heavy atom. The van der Waals surface area contributed by atoms with Gasteiger partial charge in [0.2, 0.25) is 5.91 Å². The average Bonchev–Trinajstić information content (AvgIpc) is 3.35. The summed E-state index contributed by atoms with van der Waals surface area (Å²) in [6, 6.07) is 14.8. The number of benzene rings is 2. The third-order valence-electron chi connectivity index (χ3n) is 11.5. The average molecular weight is 769 g/mol. The van der Waals surface area contributed by atoms with Crippen LogP contribution in [0.15, 0.2) is 65.0 Å². The molecule has 2 aromatic carbocycles. The number of nitrogens with one attached hydrogen (secondary N) is 1. The van der Waals surface area contributed by atoms with Gasteiger partial charge in [-0.25, -0.2) is 9.59 Å². The van der Waals surface area contributed by atoms with Crippen LogP contribution in [0.25, 0.3) is 0 Å². The Morgan fingerprint density at radius 1 is 0.811 bits per heavy atom. The van der Waals surface area contributed by atoms with E-state index in [1.165, 1.54) is 39.9 Å². The molecule has 3 N–H and O–H groups in total. The molecular weight excluding hydrogens is 717 g/mol. The zero-order valence-electron chi connectivity index (χ0n) is 30.9. The fourth-order valence-corrected chi connectivity index (χ4v) is 9.29. The molecule has 3 saturated heterocycles. The molecule has 2 aromatic rings. The Labute approximate surface area is 322 Å². The van der Waals surface area contributed by atoms with Gasteiger partial charge in [-0.05, 0) is 68.8 Å². The summed E-state index contributed by atoms with van der Waals surface area (Å²) in [6.07, 6.45) is 5.65. The standard InChI is InChI=1S/C40H51Cl2N5O6/c1-45-27-12-13-28(45)22-29(21-27)46-16-18-47(19-17-46)34(48)23-33-37(40(50)52-3)38(35-30(41)9-6-10-31(35)42)36(39(49)51-2)32(44-33)14-11-25-7-4-5-8-26(25)24-53-20-15-43/h4-10,27-29,38,44H,11-24,43H2,1-3H3/t27-,28+,29?,38?. The van der Waals surface area contributed by atoms with E-state index in [-0.39, 0.29) is 33.5 Å². The number of esters is 2. The highest BCUT2D eigenvalue weighted by Gasteiger charge is 2.43. The molecule has 13 heteroatoms. The van der Waals surface area contributed by atoms with Crippen LogP contribution in [-0.4, -0.2) is 111 Å². The molecule has 4 heterocycles.